The van der Waals surface area contributed by atoms with Gasteiger partial charge in [0.05, 0.1) is 18.7 Å². The standard InChI is InChI=1S/C17H19FN4O3/c1-11-14(17(24)25)6-3-7-22(11)16(23)15-10-21(20-19-15)9-12-4-2-5-13(18)8-12/h2,4-5,8,10-11,14H,3,6-7,9H2,1H3,(H,24,25)/t11-,14-/m1/s1. The number of carboxylic acids is 1. The number of carboxylic acid groups (broad SMARTS) is 1. The summed E-state index contributed by atoms with van der Waals surface area (Å²) in [5, 5.41) is 17.1. The highest BCUT2D eigenvalue weighted by Crippen LogP contribution is 2.25. The molecular weight excluding hydrogens is 327 g/mol. The van der Waals surface area contributed by atoms with Crippen LogP contribution in [0.4, 0.5) is 4.39 Å². The summed E-state index contributed by atoms with van der Waals surface area (Å²) in [6.45, 7) is 2.54. The molecule has 0 bridgehead atoms. The third-order valence-electron chi connectivity index (χ3n) is 4.56. The van der Waals surface area contributed by atoms with E-state index in [9.17, 15) is 19.1 Å². The first-order valence-electron chi connectivity index (χ1n) is 8.14. The van der Waals surface area contributed by atoms with Crippen LogP contribution >= 0.6 is 0 Å². The van der Waals surface area contributed by atoms with E-state index in [1.807, 2.05) is 0 Å². The van der Waals surface area contributed by atoms with Crippen molar-refractivity contribution in [2.24, 2.45) is 5.92 Å². The number of aliphatic carboxylic acids is 1. The molecular formula is C17H19FN4O3. The molecule has 0 spiro atoms. The van der Waals surface area contributed by atoms with Crippen molar-refractivity contribution in [1.29, 1.82) is 0 Å². The molecule has 8 heteroatoms. The van der Waals surface area contributed by atoms with Crippen LogP contribution in [0.3, 0.4) is 0 Å². The van der Waals surface area contributed by atoms with Gasteiger partial charge in [-0.15, -0.1) is 5.10 Å². The van der Waals surface area contributed by atoms with E-state index in [4.69, 9.17) is 0 Å². The Labute approximate surface area is 144 Å². The second-order valence-electron chi connectivity index (χ2n) is 6.26. The quantitative estimate of drug-likeness (QED) is 0.912. The Morgan fingerprint density at radius 3 is 2.92 bits per heavy atom. The highest BCUT2D eigenvalue weighted by Gasteiger charge is 2.36. The topological polar surface area (TPSA) is 88.3 Å². The van der Waals surface area contributed by atoms with Crippen molar-refractivity contribution >= 4 is 11.9 Å². The number of piperidine rings is 1. The Hall–Kier alpha value is -2.77. The lowest BCUT2D eigenvalue weighted by Gasteiger charge is -2.36. The van der Waals surface area contributed by atoms with Crippen LogP contribution in [-0.2, 0) is 11.3 Å². The molecule has 2 aromatic rings. The zero-order chi connectivity index (χ0) is 18.0. The van der Waals surface area contributed by atoms with Crippen molar-refractivity contribution in [1.82, 2.24) is 19.9 Å². The predicted octanol–water partition coefficient (Wildman–Crippen LogP) is 1.79. The molecule has 2 atom stereocenters. The number of halogens is 1. The second-order valence-corrected chi connectivity index (χ2v) is 6.26. The van der Waals surface area contributed by atoms with Gasteiger partial charge in [-0.25, -0.2) is 9.07 Å². The molecule has 0 aliphatic carbocycles. The Bertz CT molecular complexity index is 792. The zero-order valence-electron chi connectivity index (χ0n) is 13.8. The van der Waals surface area contributed by atoms with Crippen LogP contribution in [0.2, 0.25) is 0 Å². The Balaban J connectivity index is 1.73. The summed E-state index contributed by atoms with van der Waals surface area (Å²) in [5.41, 5.74) is 0.871. The van der Waals surface area contributed by atoms with Crippen molar-refractivity contribution in [2.75, 3.05) is 6.54 Å². The maximum Gasteiger partial charge on any atom is 0.308 e. The Morgan fingerprint density at radius 1 is 1.40 bits per heavy atom. The summed E-state index contributed by atoms with van der Waals surface area (Å²) in [5.74, 6) is -2.13. The first-order valence-corrected chi connectivity index (χ1v) is 8.14. The molecule has 2 heterocycles. The number of hydrogen-bond acceptors (Lipinski definition) is 4. The third-order valence-corrected chi connectivity index (χ3v) is 4.56. The number of amides is 1. The van der Waals surface area contributed by atoms with Crippen LogP contribution in [0.25, 0.3) is 0 Å². The van der Waals surface area contributed by atoms with Gasteiger partial charge in [0.2, 0.25) is 0 Å². The summed E-state index contributed by atoms with van der Waals surface area (Å²) >= 11 is 0. The van der Waals surface area contributed by atoms with Crippen molar-refractivity contribution in [3.63, 3.8) is 0 Å². The smallest absolute Gasteiger partial charge is 0.308 e. The SMILES string of the molecule is C[C@@H]1[C@H](C(=O)O)CCCN1C(=O)c1cn(Cc2cccc(F)c2)nn1. The second kappa shape index (κ2) is 7.00. The van der Waals surface area contributed by atoms with Crippen LogP contribution in [0.1, 0.15) is 35.8 Å². The fourth-order valence-corrected chi connectivity index (χ4v) is 3.20. The average molecular weight is 346 g/mol. The number of rotatable bonds is 4. The minimum absolute atomic E-state index is 0.161. The minimum atomic E-state index is -0.889. The predicted molar refractivity (Wildman–Crippen MR) is 86.4 cm³/mol. The third kappa shape index (κ3) is 3.67. The molecule has 1 fully saturated rings. The number of likely N-dealkylation sites (tertiary alicyclic amines) is 1. The lowest BCUT2D eigenvalue weighted by Crippen LogP contribution is -2.49. The van der Waals surface area contributed by atoms with Gasteiger partial charge in [0.15, 0.2) is 5.69 Å². The number of benzene rings is 1. The van der Waals surface area contributed by atoms with Gasteiger partial charge >= 0.3 is 5.97 Å². The van der Waals surface area contributed by atoms with E-state index in [0.717, 1.165) is 0 Å². The number of carbonyl (C=O) groups is 2. The summed E-state index contributed by atoms with van der Waals surface area (Å²) in [4.78, 5) is 25.5. The van der Waals surface area contributed by atoms with Gasteiger partial charge in [0.1, 0.15) is 5.82 Å². The molecule has 7 nitrogen and oxygen atoms in total. The molecule has 0 unspecified atom stereocenters. The first kappa shape index (κ1) is 17.1. The highest BCUT2D eigenvalue weighted by molar-refractivity contribution is 5.92. The fourth-order valence-electron chi connectivity index (χ4n) is 3.20. The van der Waals surface area contributed by atoms with Gasteiger partial charge in [-0.05, 0) is 37.5 Å². The maximum absolute atomic E-state index is 13.2. The van der Waals surface area contributed by atoms with Crippen LogP contribution in [0.15, 0.2) is 30.5 Å². The van der Waals surface area contributed by atoms with Crippen LogP contribution < -0.4 is 0 Å². The summed E-state index contributed by atoms with van der Waals surface area (Å²) in [6.07, 6.45) is 2.71. The maximum atomic E-state index is 13.2. The highest BCUT2D eigenvalue weighted by atomic mass is 19.1. The van der Waals surface area contributed by atoms with Gasteiger partial charge in [-0.2, -0.15) is 0 Å². The lowest BCUT2D eigenvalue weighted by molar-refractivity contribution is -0.144. The average Bonchev–Trinajstić information content (AvgIpc) is 3.02. The Morgan fingerprint density at radius 2 is 2.20 bits per heavy atom. The lowest BCUT2D eigenvalue weighted by atomic mass is 9.90. The molecule has 1 aliphatic heterocycles. The molecule has 1 aromatic heterocycles. The monoisotopic (exact) mass is 346 g/mol. The van der Waals surface area contributed by atoms with Gasteiger partial charge in [0.25, 0.3) is 5.91 Å². The molecule has 132 valence electrons. The normalized spacial score (nSPS) is 20.5. The zero-order valence-corrected chi connectivity index (χ0v) is 13.8. The van der Waals surface area contributed by atoms with Crippen LogP contribution in [0.5, 0.6) is 0 Å². The summed E-state index contributed by atoms with van der Waals surface area (Å²) in [7, 11) is 0. The van der Waals surface area contributed by atoms with Gasteiger partial charge < -0.3 is 10.0 Å². The molecule has 0 radical (unpaired) electrons. The first-order chi connectivity index (χ1) is 12.0. The molecule has 1 amide bonds. The number of aromatic nitrogens is 3. The van der Waals surface area contributed by atoms with Gasteiger partial charge in [0, 0.05) is 12.6 Å². The van der Waals surface area contributed by atoms with Crippen molar-refractivity contribution in [3.8, 4) is 0 Å². The summed E-state index contributed by atoms with van der Waals surface area (Å²) < 4.78 is 14.7. The van der Waals surface area contributed by atoms with Crippen molar-refractivity contribution in [2.45, 2.75) is 32.4 Å². The van der Waals surface area contributed by atoms with E-state index in [2.05, 4.69) is 10.3 Å². The van der Waals surface area contributed by atoms with E-state index in [0.29, 0.717) is 31.5 Å². The van der Waals surface area contributed by atoms with Crippen molar-refractivity contribution in [3.05, 3.63) is 47.5 Å². The van der Waals surface area contributed by atoms with E-state index in [-0.39, 0.29) is 17.4 Å². The van der Waals surface area contributed by atoms with Gasteiger partial charge in [-0.1, -0.05) is 17.3 Å². The van der Waals surface area contributed by atoms with E-state index >= 15 is 0 Å². The fraction of sp³-hybridized carbons (Fsp3) is 0.412. The van der Waals surface area contributed by atoms with E-state index < -0.39 is 17.9 Å². The van der Waals surface area contributed by atoms with E-state index in [1.165, 1.54) is 23.0 Å². The minimum Gasteiger partial charge on any atom is -0.481 e. The molecule has 3 rings (SSSR count). The molecule has 0 saturated carbocycles. The number of carbonyl (C=O) groups excluding carboxylic acids is 1. The number of hydrogen-bond donors (Lipinski definition) is 1. The summed E-state index contributed by atoms with van der Waals surface area (Å²) in [6, 6.07) is 5.72. The molecule has 1 N–H and O–H groups in total. The molecule has 25 heavy (non-hydrogen) atoms. The molecule has 1 aliphatic rings. The Kier molecular flexibility index (Phi) is 4.78. The van der Waals surface area contributed by atoms with Crippen LogP contribution in [0, 0.1) is 11.7 Å². The van der Waals surface area contributed by atoms with E-state index in [1.54, 1.807) is 24.0 Å². The van der Waals surface area contributed by atoms with Gasteiger partial charge in [-0.3, -0.25) is 9.59 Å². The molecule has 1 saturated heterocycles. The molecule has 1 aromatic carbocycles. The van der Waals surface area contributed by atoms with Crippen molar-refractivity contribution < 1.29 is 19.1 Å². The van der Waals surface area contributed by atoms with Crippen LogP contribution in [-0.4, -0.2) is 49.5 Å². The largest absolute Gasteiger partial charge is 0.481 e. The number of nitrogens with zero attached hydrogens (tertiary/aromatic N) is 4.